The molecule has 0 spiro atoms. The third-order valence-corrected chi connectivity index (χ3v) is 11.6. The number of methoxy groups -OCH3 is 1. The van der Waals surface area contributed by atoms with Crippen LogP contribution in [0.15, 0.2) is 103 Å². The number of benzene rings is 5. The molecule has 0 radical (unpaired) electrons. The van der Waals surface area contributed by atoms with Gasteiger partial charge in [0.15, 0.2) is 0 Å². The zero-order valence-corrected chi connectivity index (χ0v) is 28.8. The van der Waals surface area contributed by atoms with Gasteiger partial charge in [-0.2, -0.15) is 0 Å². The first kappa shape index (κ1) is 31.5. The summed E-state index contributed by atoms with van der Waals surface area (Å²) >= 11 is 1.90. The molecule has 1 saturated heterocycles. The summed E-state index contributed by atoms with van der Waals surface area (Å²) in [6, 6.07) is 38.1. The molecule has 2 heterocycles. The highest BCUT2D eigenvalue weighted by Gasteiger charge is 2.49. The van der Waals surface area contributed by atoms with Gasteiger partial charge in [0.25, 0.3) is 0 Å². The molecule has 0 bridgehead atoms. The first-order valence-electron chi connectivity index (χ1n) is 16.2. The highest BCUT2D eigenvalue weighted by atomic mass is 32.1. The van der Waals surface area contributed by atoms with Crippen LogP contribution in [0, 0.1) is 5.41 Å². The van der Waals surface area contributed by atoms with Crippen LogP contribution in [0.5, 0.6) is 0 Å². The van der Waals surface area contributed by atoms with Crippen molar-refractivity contribution in [3.63, 3.8) is 0 Å². The molecule has 1 aliphatic heterocycles. The zero-order chi connectivity index (χ0) is 32.0. The standard InChI is InChI=1S/C35H31BOS.C6H14O/c1-34(2)22-36(37-35(34,3)4)28-17-13-24(14-18-28)23-9-11-25(12-10-23)27-16-20-32-31(21-27)30-19-15-26-7-5-6-8-29(26)33(30)38-32;1-5-6(2,3)7-4/h5-21H,22H2,1-4H3;5H2,1-4H3. The van der Waals surface area contributed by atoms with Crippen molar-refractivity contribution in [1.82, 2.24) is 0 Å². The molecule has 0 aliphatic carbocycles. The SMILES string of the molecule is CC1(C)CB(c2ccc(-c3ccc(-c4ccc5sc6c7ccccc7ccc6c5c4)cc3)cc2)OC1(C)C.CCC(C)(C)OC. The summed E-state index contributed by atoms with van der Waals surface area (Å²) in [6.45, 7) is 15.5. The van der Waals surface area contributed by atoms with E-state index in [2.05, 4.69) is 152 Å². The molecule has 0 unspecified atom stereocenters. The summed E-state index contributed by atoms with van der Waals surface area (Å²) in [5.41, 5.74) is 6.39. The minimum Gasteiger partial charge on any atom is -0.426 e. The molecular weight excluding hydrogens is 567 g/mol. The van der Waals surface area contributed by atoms with E-state index in [9.17, 15) is 0 Å². The average molecular weight is 613 g/mol. The summed E-state index contributed by atoms with van der Waals surface area (Å²) in [4.78, 5) is 0. The van der Waals surface area contributed by atoms with Crippen molar-refractivity contribution in [3.05, 3.63) is 103 Å². The highest BCUT2D eigenvalue weighted by Crippen LogP contribution is 2.45. The minimum atomic E-state index is -0.113. The van der Waals surface area contributed by atoms with Gasteiger partial charge in [-0.25, -0.2) is 0 Å². The van der Waals surface area contributed by atoms with Crippen LogP contribution in [-0.4, -0.2) is 25.2 Å². The Morgan fingerprint density at radius 2 is 1.33 bits per heavy atom. The van der Waals surface area contributed by atoms with E-state index in [-0.39, 0.29) is 23.5 Å². The Kier molecular flexibility index (Phi) is 8.45. The Morgan fingerprint density at radius 3 is 1.91 bits per heavy atom. The molecule has 1 aromatic heterocycles. The van der Waals surface area contributed by atoms with E-state index in [0.29, 0.717) is 0 Å². The topological polar surface area (TPSA) is 18.5 Å². The number of ether oxygens (including phenoxy) is 1. The van der Waals surface area contributed by atoms with Crippen LogP contribution in [0.4, 0.5) is 0 Å². The maximum atomic E-state index is 6.43. The summed E-state index contributed by atoms with van der Waals surface area (Å²) in [5, 5.41) is 5.34. The van der Waals surface area contributed by atoms with Crippen molar-refractivity contribution in [2.24, 2.45) is 5.41 Å². The van der Waals surface area contributed by atoms with Crippen LogP contribution < -0.4 is 5.46 Å². The van der Waals surface area contributed by atoms with Gasteiger partial charge in [0.2, 0.25) is 0 Å². The molecule has 2 nitrogen and oxygen atoms in total. The van der Waals surface area contributed by atoms with E-state index in [4.69, 9.17) is 9.39 Å². The Bertz CT molecular complexity index is 1930. The molecule has 6 aromatic rings. The maximum absolute atomic E-state index is 6.43. The second-order valence-electron chi connectivity index (χ2n) is 14.2. The van der Waals surface area contributed by atoms with E-state index in [1.807, 2.05) is 11.3 Å². The average Bonchev–Trinajstić information content (AvgIpc) is 3.53. The van der Waals surface area contributed by atoms with Gasteiger partial charge in [-0.1, -0.05) is 112 Å². The third kappa shape index (κ3) is 6.21. The Hall–Kier alpha value is -3.44. The lowest BCUT2D eigenvalue weighted by Crippen LogP contribution is -2.36. The molecule has 7 rings (SSSR count). The van der Waals surface area contributed by atoms with E-state index in [1.165, 1.54) is 58.7 Å². The lowest BCUT2D eigenvalue weighted by atomic mass is 9.54. The second kappa shape index (κ2) is 12.1. The first-order chi connectivity index (χ1) is 21.4. The number of rotatable bonds is 5. The predicted molar refractivity (Wildman–Crippen MR) is 198 cm³/mol. The normalized spacial score (nSPS) is 15.9. The molecule has 230 valence electrons. The van der Waals surface area contributed by atoms with Gasteiger partial charge >= 0.3 is 6.92 Å². The molecule has 5 aromatic carbocycles. The molecule has 1 aliphatic rings. The van der Waals surface area contributed by atoms with Crippen LogP contribution in [0.1, 0.15) is 54.9 Å². The monoisotopic (exact) mass is 612 g/mol. The molecule has 0 atom stereocenters. The number of thiophene rings is 1. The lowest BCUT2D eigenvalue weighted by Gasteiger charge is -2.34. The van der Waals surface area contributed by atoms with Gasteiger partial charge in [0, 0.05) is 27.3 Å². The van der Waals surface area contributed by atoms with Crippen molar-refractivity contribution in [1.29, 1.82) is 0 Å². The van der Waals surface area contributed by atoms with Crippen molar-refractivity contribution >= 4 is 54.7 Å². The Labute approximate surface area is 273 Å². The van der Waals surface area contributed by atoms with Gasteiger partial charge in [-0.15, -0.1) is 11.3 Å². The molecule has 0 amide bonds. The van der Waals surface area contributed by atoms with Gasteiger partial charge < -0.3 is 9.39 Å². The summed E-state index contributed by atoms with van der Waals surface area (Å²) in [6.07, 6.45) is 2.12. The molecule has 45 heavy (non-hydrogen) atoms. The quantitative estimate of drug-likeness (QED) is 0.180. The van der Waals surface area contributed by atoms with Crippen molar-refractivity contribution < 1.29 is 9.39 Å². The van der Waals surface area contributed by atoms with Gasteiger partial charge in [0.1, 0.15) is 0 Å². The summed E-state index contributed by atoms with van der Waals surface area (Å²) < 4.78 is 14.2. The van der Waals surface area contributed by atoms with Crippen LogP contribution in [0.3, 0.4) is 0 Å². The number of hydrogen-bond acceptors (Lipinski definition) is 3. The van der Waals surface area contributed by atoms with Crippen molar-refractivity contribution in [2.75, 3.05) is 7.11 Å². The zero-order valence-electron chi connectivity index (χ0n) is 28.0. The minimum absolute atomic E-state index is 0.0833. The first-order valence-corrected chi connectivity index (χ1v) is 17.0. The molecule has 4 heteroatoms. The fourth-order valence-corrected chi connectivity index (χ4v) is 7.24. The number of fused-ring (bicyclic) bond motifs is 5. The summed E-state index contributed by atoms with van der Waals surface area (Å²) in [7, 11) is 1.74. The summed E-state index contributed by atoms with van der Waals surface area (Å²) in [5.74, 6) is 0. The van der Waals surface area contributed by atoms with Crippen LogP contribution >= 0.6 is 11.3 Å². The third-order valence-electron chi connectivity index (χ3n) is 10.4. The van der Waals surface area contributed by atoms with Crippen LogP contribution in [0.2, 0.25) is 6.32 Å². The van der Waals surface area contributed by atoms with E-state index in [1.54, 1.807) is 7.11 Å². The predicted octanol–water partition coefficient (Wildman–Crippen LogP) is 11.4. The molecule has 0 saturated carbocycles. The van der Waals surface area contributed by atoms with E-state index < -0.39 is 0 Å². The smallest absolute Gasteiger partial charge is 0.327 e. The van der Waals surface area contributed by atoms with Gasteiger partial charge in [-0.3, -0.25) is 0 Å². The Balaban J connectivity index is 0.000000460. The largest absolute Gasteiger partial charge is 0.426 e. The van der Waals surface area contributed by atoms with Gasteiger partial charge in [-0.05, 0) is 96.5 Å². The van der Waals surface area contributed by atoms with E-state index >= 15 is 0 Å². The van der Waals surface area contributed by atoms with Gasteiger partial charge in [0.05, 0.1) is 11.2 Å². The maximum Gasteiger partial charge on any atom is 0.327 e. The van der Waals surface area contributed by atoms with Crippen LogP contribution in [-0.2, 0) is 9.39 Å². The fraction of sp³-hybridized carbons (Fsp3) is 0.317. The lowest BCUT2D eigenvalue weighted by molar-refractivity contribution is 0.0196. The van der Waals surface area contributed by atoms with Crippen molar-refractivity contribution in [2.45, 2.75) is 72.4 Å². The molecule has 0 N–H and O–H groups in total. The highest BCUT2D eigenvalue weighted by molar-refractivity contribution is 7.26. The van der Waals surface area contributed by atoms with Crippen molar-refractivity contribution in [3.8, 4) is 22.3 Å². The fourth-order valence-electron chi connectivity index (χ4n) is 6.03. The van der Waals surface area contributed by atoms with E-state index in [0.717, 1.165) is 12.7 Å². The van der Waals surface area contributed by atoms with Crippen LogP contribution in [0.25, 0.3) is 53.2 Å². The second-order valence-corrected chi connectivity index (χ2v) is 15.3. The molecule has 1 fully saturated rings. The number of hydrogen-bond donors (Lipinski definition) is 0. The molecular formula is C41H45BO2S. The Morgan fingerprint density at radius 1 is 0.733 bits per heavy atom.